The molecule has 1 aromatic heterocycles. The first-order valence-corrected chi connectivity index (χ1v) is 11.6. The third-order valence-electron chi connectivity index (χ3n) is 5.16. The van der Waals surface area contributed by atoms with E-state index in [0.717, 1.165) is 16.4 Å². The zero-order valence-electron chi connectivity index (χ0n) is 17.7. The molecule has 33 heavy (non-hydrogen) atoms. The van der Waals surface area contributed by atoms with E-state index in [4.69, 9.17) is 9.15 Å². The summed E-state index contributed by atoms with van der Waals surface area (Å²) in [7, 11) is -4.21. The summed E-state index contributed by atoms with van der Waals surface area (Å²) in [5.41, 5.74) is 0.732. The van der Waals surface area contributed by atoms with Crippen LogP contribution in [0.4, 0.5) is 14.7 Å². The van der Waals surface area contributed by atoms with Crippen molar-refractivity contribution in [2.24, 2.45) is 0 Å². The Morgan fingerprint density at radius 3 is 2.45 bits per heavy atom. The van der Waals surface area contributed by atoms with Gasteiger partial charge in [0.2, 0.25) is 27.5 Å². The standard InChI is InChI=1S/C22H20F2N4O4S/c1-2-31-17-6-3-15(4-7-17)21-26-19(14-25)22(32-21)27-9-11-28(12-10-27)33(29,30)20-13-16(23)5-8-18(20)24/h3-8,13H,2,9-12H2,1H3. The van der Waals surface area contributed by atoms with Crippen LogP contribution in [0.25, 0.3) is 11.5 Å². The van der Waals surface area contributed by atoms with Crippen LogP contribution in [0, 0.1) is 23.0 Å². The van der Waals surface area contributed by atoms with Crippen molar-refractivity contribution in [1.29, 1.82) is 5.26 Å². The van der Waals surface area contributed by atoms with E-state index in [-0.39, 0.29) is 43.6 Å². The summed E-state index contributed by atoms with van der Waals surface area (Å²) in [5.74, 6) is -0.672. The number of hydrogen-bond acceptors (Lipinski definition) is 7. The molecule has 1 aliphatic rings. The van der Waals surface area contributed by atoms with Gasteiger partial charge in [0.05, 0.1) is 6.61 Å². The van der Waals surface area contributed by atoms with Crippen LogP contribution in [0.2, 0.25) is 0 Å². The highest BCUT2D eigenvalue weighted by molar-refractivity contribution is 7.89. The maximum Gasteiger partial charge on any atom is 0.246 e. The number of sulfonamides is 1. The second-order valence-electron chi connectivity index (χ2n) is 7.21. The van der Waals surface area contributed by atoms with Crippen LogP contribution < -0.4 is 9.64 Å². The molecule has 1 fully saturated rings. The fraction of sp³-hybridized carbons (Fsp3) is 0.273. The highest BCUT2D eigenvalue weighted by Gasteiger charge is 2.33. The third kappa shape index (κ3) is 4.53. The minimum absolute atomic E-state index is 0.00222. The van der Waals surface area contributed by atoms with Gasteiger partial charge < -0.3 is 14.1 Å². The predicted octanol–water partition coefficient (Wildman–Crippen LogP) is 3.40. The first kappa shape index (κ1) is 22.7. The zero-order valence-corrected chi connectivity index (χ0v) is 18.5. The molecule has 0 atom stereocenters. The summed E-state index contributed by atoms with van der Waals surface area (Å²) >= 11 is 0. The van der Waals surface area contributed by atoms with Gasteiger partial charge in [-0.1, -0.05) is 0 Å². The first-order valence-electron chi connectivity index (χ1n) is 10.2. The molecule has 8 nitrogen and oxygen atoms in total. The molecule has 172 valence electrons. The lowest BCUT2D eigenvalue weighted by Crippen LogP contribution is -2.49. The van der Waals surface area contributed by atoms with Crippen LogP contribution in [0.3, 0.4) is 0 Å². The molecule has 2 heterocycles. The number of hydrogen-bond donors (Lipinski definition) is 0. The molecule has 3 aromatic rings. The summed E-state index contributed by atoms with van der Waals surface area (Å²) < 4.78 is 65.5. The lowest BCUT2D eigenvalue weighted by Gasteiger charge is -2.33. The number of halogens is 2. The Labute approximate surface area is 189 Å². The summed E-state index contributed by atoms with van der Waals surface area (Å²) in [4.78, 5) is 5.26. The molecular weight excluding hydrogens is 454 g/mol. The van der Waals surface area contributed by atoms with E-state index in [2.05, 4.69) is 4.98 Å². The SMILES string of the molecule is CCOc1ccc(-c2nc(C#N)c(N3CCN(S(=O)(=O)c4cc(F)ccc4F)CC3)o2)cc1. The average Bonchev–Trinajstić information content (AvgIpc) is 3.26. The van der Waals surface area contributed by atoms with Gasteiger partial charge in [-0.05, 0) is 49.4 Å². The molecule has 0 radical (unpaired) electrons. The second-order valence-corrected chi connectivity index (χ2v) is 9.11. The van der Waals surface area contributed by atoms with E-state index in [1.54, 1.807) is 29.2 Å². The highest BCUT2D eigenvalue weighted by Crippen LogP contribution is 2.31. The number of nitriles is 1. The molecule has 1 aliphatic heterocycles. The number of aromatic nitrogens is 1. The van der Waals surface area contributed by atoms with E-state index in [1.807, 2.05) is 13.0 Å². The molecule has 1 saturated heterocycles. The van der Waals surface area contributed by atoms with Gasteiger partial charge in [-0.3, -0.25) is 0 Å². The smallest absolute Gasteiger partial charge is 0.246 e. The van der Waals surface area contributed by atoms with E-state index in [1.165, 1.54) is 0 Å². The molecule has 0 amide bonds. The van der Waals surface area contributed by atoms with Crippen molar-refractivity contribution in [2.45, 2.75) is 11.8 Å². The van der Waals surface area contributed by atoms with Crippen molar-refractivity contribution in [3.63, 3.8) is 0 Å². The number of nitrogens with zero attached hydrogens (tertiary/aromatic N) is 4. The number of piperazine rings is 1. The Bertz CT molecular complexity index is 1290. The monoisotopic (exact) mass is 474 g/mol. The predicted molar refractivity (Wildman–Crippen MR) is 115 cm³/mol. The minimum atomic E-state index is -4.21. The Kier molecular flexibility index (Phi) is 6.31. The van der Waals surface area contributed by atoms with Gasteiger partial charge in [-0.25, -0.2) is 17.2 Å². The molecule has 0 aliphatic carbocycles. The summed E-state index contributed by atoms with van der Waals surface area (Å²) in [6.07, 6.45) is 0. The van der Waals surface area contributed by atoms with Crippen molar-refractivity contribution < 1.29 is 26.4 Å². The molecule has 2 aromatic carbocycles. The molecule has 0 unspecified atom stereocenters. The number of ether oxygens (including phenoxy) is 1. The summed E-state index contributed by atoms with van der Waals surface area (Å²) in [6.45, 7) is 2.79. The minimum Gasteiger partial charge on any atom is -0.494 e. The van der Waals surface area contributed by atoms with Crippen LogP contribution in [-0.4, -0.2) is 50.5 Å². The third-order valence-corrected chi connectivity index (χ3v) is 7.08. The fourth-order valence-corrected chi connectivity index (χ4v) is 5.03. The van der Waals surface area contributed by atoms with E-state index in [0.29, 0.717) is 24.0 Å². The highest BCUT2D eigenvalue weighted by atomic mass is 32.2. The topological polar surface area (TPSA) is 99.7 Å². The van der Waals surface area contributed by atoms with Crippen molar-refractivity contribution in [3.8, 4) is 23.3 Å². The number of benzene rings is 2. The summed E-state index contributed by atoms with van der Waals surface area (Å²) in [6, 6.07) is 11.4. The fourth-order valence-electron chi connectivity index (χ4n) is 3.53. The van der Waals surface area contributed by atoms with Gasteiger partial charge in [-0.2, -0.15) is 14.6 Å². The molecule has 0 bridgehead atoms. The maximum atomic E-state index is 14.0. The first-order chi connectivity index (χ1) is 15.8. The van der Waals surface area contributed by atoms with E-state index >= 15 is 0 Å². The van der Waals surface area contributed by atoms with Crippen LogP contribution in [0.1, 0.15) is 12.6 Å². The molecule has 11 heteroatoms. The van der Waals surface area contributed by atoms with Crippen LogP contribution >= 0.6 is 0 Å². The Morgan fingerprint density at radius 1 is 1.12 bits per heavy atom. The van der Waals surface area contributed by atoms with Gasteiger partial charge in [0.15, 0.2) is 0 Å². The van der Waals surface area contributed by atoms with Crippen LogP contribution in [0.5, 0.6) is 5.75 Å². The summed E-state index contributed by atoms with van der Waals surface area (Å²) in [5, 5.41) is 9.51. The normalized spacial score (nSPS) is 14.8. The van der Waals surface area contributed by atoms with E-state index in [9.17, 15) is 22.5 Å². The van der Waals surface area contributed by atoms with Crippen LogP contribution in [0.15, 0.2) is 51.8 Å². The molecule has 0 N–H and O–H groups in total. The zero-order chi connectivity index (χ0) is 23.6. The molecule has 0 saturated carbocycles. The van der Waals surface area contributed by atoms with Gasteiger partial charge >= 0.3 is 0 Å². The second kappa shape index (κ2) is 9.17. The molecular formula is C22H20F2N4O4S. The van der Waals surface area contributed by atoms with Crippen molar-refractivity contribution in [1.82, 2.24) is 9.29 Å². The van der Waals surface area contributed by atoms with Gasteiger partial charge in [-0.15, -0.1) is 0 Å². The lowest BCUT2D eigenvalue weighted by molar-refractivity contribution is 0.340. The lowest BCUT2D eigenvalue weighted by atomic mass is 10.2. The van der Waals surface area contributed by atoms with Crippen molar-refractivity contribution in [2.75, 3.05) is 37.7 Å². The largest absolute Gasteiger partial charge is 0.494 e. The van der Waals surface area contributed by atoms with Crippen LogP contribution in [-0.2, 0) is 10.0 Å². The van der Waals surface area contributed by atoms with E-state index < -0.39 is 26.6 Å². The Morgan fingerprint density at radius 2 is 1.82 bits per heavy atom. The average molecular weight is 474 g/mol. The maximum absolute atomic E-state index is 14.0. The van der Waals surface area contributed by atoms with Gasteiger partial charge in [0.1, 0.15) is 28.3 Å². The molecule has 4 rings (SSSR count). The number of oxazole rings is 1. The number of anilines is 1. The number of rotatable bonds is 6. The Hall–Kier alpha value is -3.49. The van der Waals surface area contributed by atoms with Crippen molar-refractivity contribution in [3.05, 3.63) is 59.8 Å². The molecule has 0 spiro atoms. The Balaban J connectivity index is 1.52. The quantitative estimate of drug-likeness (QED) is 0.540. The van der Waals surface area contributed by atoms with Gasteiger partial charge in [0.25, 0.3) is 0 Å². The van der Waals surface area contributed by atoms with Gasteiger partial charge in [0, 0.05) is 31.7 Å². The van der Waals surface area contributed by atoms with Crippen molar-refractivity contribution >= 4 is 15.9 Å².